The molecule has 1 fully saturated rings. The number of aryl methyl sites for hydroxylation is 2. The molecule has 5 nitrogen and oxygen atoms in total. The highest BCUT2D eigenvalue weighted by molar-refractivity contribution is 5.56. The molecule has 0 aliphatic carbocycles. The molecule has 3 heterocycles. The smallest absolute Gasteiger partial charge is 0.137 e. The lowest BCUT2D eigenvalue weighted by atomic mass is 9.91. The highest BCUT2D eigenvalue weighted by atomic mass is 16.5. The van der Waals surface area contributed by atoms with E-state index in [1.54, 1.807) is 0 Å². The average Bonchev–Trinajstić information content (AvgIpc) is 3.26. The van der Waals surface area contributed by atoms with Gasteiger partial charge in [-0.3, -0.25) is 0 Å². The largest absolute Gasteiger partial charge is 0.374 e. The molecule has 1 saturated heterocycles. The van der Waals surface area contributed by atoms with E-state index in [-0.39, 0.29) is 6.10 Å². The fourth-order valence-electron chi connectivity index (χ4n) is 3.50. The van der Waals surface area contributed by atoms with Crippen LogP contribution >= 0.6 is 0 Å². The molecule has 1 aliphatic rings. The average molecular weight is 336 g/mol. The topological polar surface area (TPSA) is 55.7 Å². The Kier molecular flexibility index (Phi) is 4.40. The van der Waals surface area contributed by atoms with Crippen molar-refractivity contribution < 1.29 is 4.74 Å². The van der Waals surface area contributed by atoms with Crippen molar-refractivity contribution in [3.8, 4) is 11.4 Å². The van der Waals surface area contributed by atoms with E-state index < -0.39 is 0 Å². The molecule has 0 bridgehead atoms. The third-order valence-corrected chi connectivity index (χ3v) is 5.10. The first-order valence-corrected chi connectivity index (χ1v) is 8.90. The number of nitrogens with one attached hydrogen (secondary N) is 1. The molecule has 3 aromatic rings. The van der Waals surface area contributed by atoms with Gasteiger partial charge >= 0.3 is 0 Å². The molecule has 2 aromatic heterocycles. The van der Waals surface area contributed by atoms with Gasteiger partial charge in [-0.25, -0.2) is 9.97 Å². The van der Waals surface area contributed by atoms with E-state index in [1.807, 2.05) is 25.6 Å². The minimum absolute atomic E-state index is 0.177. The summed E-state index contributed by atoms with van der Waals surface area (Å²) < 4.78 is 8.20. The summed E-state index contributed by atoms with van der Waals surface area (Å²) in [6, 6.07) is 8.62. The van der Waals surface area contributed by atoms with Crippen LogP contribution in [0.25, 0.3) is 11.4 Å². The molecule has 25 heavy (non-hydrogen) atoms. The second-order valence-electron chi connectivity index (χ2n) is 6.93. The highest BCUT2D eigenvalue weighted by Crippen LogP contribution is 2.33. The molecule has 5 heteroatoms. The maximum atomic E-state index is 6.03. The normalized spacial score (nSPS) is 20.7. The summed E-state index contributed by atoms with van der Waals surface area (Å²) in [6.07, 6.45) is 8.11. The van der Waals surface area contributed by atoms with E-state index in [1.165, 1.54) is 5.56 Å². The molecule has 0 amide bonds. The van der Waals surface area contributed by atoms with Gasteiger partial charge in [0.25, 0.3) is 0 Å². The summed E-state index contributed by atoms with van der Waals surface area (Å²) >= 11 is 0. The van der Waals surface area contributed by atoms with Crippen LogP contribution in [0.15, 0.2) is 43.0 Å². The zero-order chi connectivity index (χ0) is 17.2. The maximum Gasteiger partial charge on any atom is 0.137 e. The van der Waals surface area contributed by atoms with Crippen LogP contribution in [-0.2, 0) is 11.3 Å². The zero-order valence-electron chi connectivity index (χ0n) is 14.8. The Labute approximate surface area is 148 Å². The highest BCUT2D eigenvalue weighted by Gasteiger charge is 2.24. The molecule has 1 aromatic carbocycles. The van der Waals surface area contributed by atoms with E-state index in [2.05, 4.69) is 50.7 Å². The number of aromatic amines is 1. The molecule has 1 aliphatic heterocycles. The Morgan fingerprint density at radius 3 is 2.76 bits per heavy atom. The minimum Gasteiger partial charge on any atom is -0.374 e. The number of ether oxygens (including phenoxy) is 1. The van der Waals surface area contributed by atoms with E-state index >= 15 is 0 Å². The predicted octanol–water partition coefficient (Wildman–Crippen LogP) is 4.06. The van der Waals surface area contributed by atoms with E-state index in [9.17, 15) is 0 Å². The second kappa shape index (κ2) is 6.84. The number of nitrogens with zero attached hydrogens (tertiary/aromatic N) is 3. The van der Waals surface area contributed by atoms with Gasteiger partial charge in [-0.05, 0) is 38.2 Å². The fourth-order valence-corrected chi connectivity index (χ4v) is 3.50. The van der Waals surface area contributed by atoms with Crippen molar-refractivity contribution in [2.45, 2.75) is 39.3 Å². The van der Waals surface area contributed by atoms with Crippen molar-refractivity contribution in [3.05, 3.63) is 59.9 Å². The first kappa shape index (κ1) is 16.1. The Morgan fingerprint density at radius 1 is 1.24 bits per heavy atom. The molecule has 4 rings (SSSR count). The molecular weight excluding hydrogens is 312 g/mol. The van der Waals surface area contributed by atoms with Gasteiger partial charge < -0.3 is 14.3 Å². The summed E-state index contributed by atoms with van der Waals surface area (Å²) in [5.41, 5.74) is 4.54. The molecule has 0 saturated carbocycles. The monoisotopic (exact) mass is 336 g/mol. The fraction of sp³-hybridized carbons (Fsp3) is 0.400. The first-order chi connectivity index (χ1) is 12.2. The van der Waals surface area contributed by atoms with Crippen LogP contribution in [0.3, 0.4) is 0 Å². The number of benzene rings is 1. The minimum atomic E-state index is 0.177. The Bertz CT molecular complexity index is 801. The lowest BCUT2D eigenvalue weighted by Gasteiger charge is -2.30. The predicted molar refractivity (Wildman–Crippen MR) is 97.1 cm³/mol. The summed E-state index contributed by atoms with van der Waals surface area (Å²) in [5.74, 6) is 1.56. The van der Waals surface area contributed by atoms with Crippen molar-refractivity contribution in [1.82, 2.24) is 19.5 Å². The molecule has 1 N–H and O–H groups in total. The standard InChI is InChI=1S/C20H24N4O/c1-14-15(2)23-20(22-14)18-5-3-17(4-6-18)19-11-16(7-10-25-19)12-24-9-8-21-13-24/h3-6,8-9,13,16,19H,7,10-12H2,1-2H3,(H,22,23). The molecule has 130 valence electrons. The second-order valence-corrected chi connectivity index (χ2v) is 6.93. The van der Waals surface area contributed by atoms with Gasteiger partial charge in [-0.15, -0.1) is 0 Å². The van der Waals surface area contributed by atoms with Crippen LogP contribution in [0.1, 0.15) is 35.9 Å². The molecular formula is C20H24N4O. The van der Waals surface area contributed by atoms with Crippen LogP contribution in [0, 0.1) is 19.8 Å². The van der Waals surface area contributed by atoms with Crippen molar-refractivity contribution in [2.75, 3.05) is 6.61 Å². The summed E-state index contributed by atoms with van der Waals surface area (Å²) in [5, 5.41) is 0. The summed E-state index contributed by atoms with van der Waals surface area (Å²) in [7, 11) is 0. The van der Waals surface area contributed by atoms with Gasteiger partial charge in [-0.1, -0.05) is 24.3 Å². The van der Waals surface area contributed by atoms with Crippen LogP contribution in [0.2, 0.25) is 0 Å². The van der Waals surface area contributed by atoms with E-state index in [4.69, 9.17) is 4.74 Å². The lowest BCUT2D eigenvalue weighted by Crippen LogP contribution is -2.23. The number of H-pyrrole nitrogens is 1. The maximum absolute atomic E-state index is 6.03. The first-order valence-electron chi connectivity index (χ1n) is 8.90. The van der Waals surface area contributed by atoms with Crippen LogP contribution in [-0.4, -0.2) is 26.1 Å². The Hall–Kier alpha value is -2.40. The van der Waals surface area contributed by atoms with Gasteiger partial charge in [0.05, 0.1) is 18.1 Å². The number of hydrogen-bond donors (Lipinski definition) is 1. The van der Waals surface area contributed by atoms with Crippen LogP contribution in [0.4, 0.5) is 0 Å². The van der Waals surface area contributed by atoms with Crippen molar-refractivity contribution in [3.63, 3.8) is 0 Å². The van der Waals surface area contributed by atoms with E-state index in [0.717, 1.165) is 48.8 Å². The quantitative estimate of drug-likeness (QED) is 0.782. The molecule has 0 spiro atoms. The number of rotatable bonds is 4. The van der Waals surface area contributed by atoms with Crippen LogP contribution < -0.4 is 0 Å². The van der Waals surface area contributed by atoms with Crippen molar-refractivity contribution >= 4 is 0 Å². The third kappa shape index (κ3) is 3.51. The van der Waals surface area contributed by atoms with Gasteiger partial charge in [0, 0.05) is 36.8 Å². The zero-order valence-corrected chi connectivity index (χ0v) is 14.8. The number of aromatic nitrogens is 4. The number of imidazole rings is 2. The summed E-state index contributed by atoms with van der Waals surface area (Å²) in [6.45, 7) is 5.92. The van der Waals surface area contributed by atoms with E-state index in [0.29, 0.717) is 5.92 Å². The van der Waals surface area contributed by atoms with Gasteiger partial charge in [0.2, 0.25) is 0 Å². The van der Waals surface area contributed by atoms with Gasteiger partial charge in [-0.2, -0.15) is 0 Å². The third-order valence-electron chi connectivity index (χ3n) is 5.10. The van der Waals surface area contributed by atoms with Gasteiger partial charge in [0.15, 0.2) is 0 Å². The number of hydrogen-bond acceptors (Lipinski definition) is 3. The lowest BCUT2D eigenvalue weighted by molar-refractivity contribution is -0.0138. The molecule has 2 atom stereocenters. The summed E-state index contributed by atoms with van der Waals surface area (Å²) in [4.78, 5) is 12.1. The van der Waals surface area contributed by atoms with Crippen molar-refractivity contribution in [1.29, 1.82) is 0 Å². The molecule has 2 unspecified atom stereocenters. The Morgan fingerprint density at radius 2 is 2.08 bits per heavy atom. The molecule has 0 radical (unpaired) electrons. The van der Waals surface area contributed by atoms with Crippen molar-refractivity contribution in [2.24, 2.45) is 5.92 Å². The van der Waals surface area contributed by atoms with Crippen LogP contribution in [0.5, 0.6) is 0 Å². The van der Waals surface area contributed by atoms with Gasteiger partial charge in [0.1, 0.15) is 5.82 Å². The SMILES string of the molecule is Cc1nc(-c2ccc(C3CC(Cn4ccnc4)CCO3)cc2)[nH]c1C. The Balaban J connectivity index is 1.46.